The van der Waals surface area contributed by atoms with Crippen molar-refractivity contribution in [2.24, 2.45) is 5.92 Å². The molecule has 0 saturated carbocycles. The zero-order chi connectivity index (χ0) is 22.2. The van der Waals surface area contributed by atoms with Gasteiger partial charge in [-0.15, -0.1) is 0 Å². The fourth-order valence-corrected chi connectivity index (χ4v) is 5.36. The van der Waals surface area contributed by atoms with E-state index in [1.807, 2.05) is 34.1 Å². The molecule has 32 heavy (non-hydrogen) atoms. The van der Waals surface area contributed by atoms with Crippen molar-refractivity contribution in [3.05, 3.63) is 29.8 Å². The number of amides is 3. The molecule has 3 aliphatic heterocycles. The molecule has 0 unspecified atom stereocenters. The van der Waals surface area contributed by atoms with E-state index in [4.69, 9.17) is 0 Å². The zero-order valence-corrected chi connectivity index (χ0v) is 19.6. The van der Waals surface area contributed by atoms with Crippen LogP contribution in [0.15, 0.2) is 24.3 Å². The van der Waals surface area contributed by atoms with E-state index in [1.165, 1.54) is 58.2 Å². The molecule has 0 radical (unpaired) electrons. The summed E-state index contributed by atoms with van der Waals surface area (Å²) >= 11 is 0. The van der Waals surface area contributed by atoms with Crippen LogP contribution in [0.3, 0.4) is 0 Å². The molecule has 0 spiro atoms. The van der Waals surface area contributed by atoms with Crippen LogP contribution in [0, 0.1) is 5.92 Å². The van der Waals surface area contributed by atoms with Crippen LogP contribution < -0.4 is 5.32 Å². The van der Waals surface area contributed by atoms with E-state index in [0.717, 1.165) is 57.5 Å². The van der Waals surface area contributed by atoms with E-state index in [2.05, 4.69) is 10.2 Å². The lowest BCUT2D eigenvalue weighted by atomic mass is 9.96. The molecule has 0 aliphatic carbocycles. The van der Waals surface area contributed by atoms with Crippen LogP contribution in [-0.2, 0) is 0 Å². The van der Waals surface area contributed by atoms with Gasteiger partial charge in [0.1, 0.15) is 0 Å². The third kappa shape index (κ3) is 6.47. The fraction of sp³-hybridized carbons (Fsp3) is 0.692. The van der Waals surface area contributed by atoms with Crippen molar-refractivity contribution >= 4 is 17.6 Å². The molecule has 0 atom stereocenters. The number of rotatable bonds is 4. The minimum atomic E-state index is -0.0233. The predicted octanol–water partition coefficient (Wildman–Crippen LogP) is 4.82. The Kier molecular flexibility index (Phi) is 8.43. The molecule has 6 nitrogen and oxygen atoms in total. The van der Waals surface area contributed by atoms with Gasteiger partial charge >= 0.3 is 6.03 Å². The average molecular weight is 441 g/mol. The van der Waals surface area contributed by atoms with Gasteiger partial charge in [-0.3, -0.25) is 4.79 Å². The van der Waals surface area contributed by atoms with Crippen molar-refractivity contribution < 1.29 is 9.59 Å². The summed E-state index contributed by atoms with van der Waals surface area (Å²) in [6, 6.07) is 7.38. The molecular weight excluding hydrogens is 400 g/mol. The number of nitrogens with zero attached hydrogens (tertiary/aromatic N) is 3. The topological polar surface area (TPSA) is 55.9 Å². The summed E-state index contributed by atoms with van der Waals surface area (Å²) in [6.45, 7) is 7.05. The minimum Gasteiger partial charge on any atom is -0.339 e. The molecule has 3 heterocycles. The number of urea groups is 1. The smallest absolute Gasteiger partial charge is 0.321 e. The van der Waals surface area contributed by atoms with Gasteiger partial charge in [0, 0.05) is 44.0 Å². The van der Waals surface area contributed by atoms with E-state index >= 15 is 0 Å². The molecule has 6 heteroatoms. The number of carbonyl (C=O) groups excluding carboxylic acids is 2. The number of anilines is 1. The van der Waals surface area contributed by atoms with Crippen LogP contribution in [0.5, 0.6) is 0 Å². The molecule has 3 saturated heterocycles. The number of nitrogens with one attached hydrogen (secondary N) is 1. The average Bonchev–Trinajstić information content (AvgIpc) is 3.25. The van der Waals surface area contributed by atoms with Crippen LogP contribution in [0.4, 0.5) is 10.5 Å². The van der Waals surface area contributed by atoms with Gasteiger partial charge in [-0.25, -0.2) is 4.79 Å². The molecule has 0 aromatic heterocycles. The molecule has 1 aromatic rings. The number of benzene rings is 1. The third-order valence-electron chi connectivity index (χ3n) is 7.39. The molecular formula is C26H40N4O2. The first-order valence-electron chi connectivity index (χ1n) is 12.9. The number of carbonyl (C=O) groups is 2. The molecule has 1 N–H and O–H groups in total. The van der Waals surface area contributed by atoms with Gasteiger partial charge in [-0.1, -0.05) is 25.7 Å². The fourth-order valence-electron chi connectivity index (χ4n) is 5.36. The highest BCUT2D eigenvalue weighted by Crippen LogP contribution is 2.22. The highest BCUT2D eigenvalue weighted by molar-refractivity contribution is 5.95. The lowest BCUT2D eigenvalue weighted by Gasteiger charge is -2.34. The Bertz CT molecular complexity index is 727. The second-order valence-electron chi connectivity index (χ2n) is 9.86. The number of piperidine rings is 1. The highest BCUT2D eigenvalue weighted by atomic mass is 16.2. The first-order chi connectivity index (χ1) is 15.7. The SMILES string of the molecule is O=C(Nc1ccc(C(=O)N2CCCCCC2)cc1)N1CCC(CN2CCCCCC2)CC1. The number of hydrogen-bond donors (Lipinski definition) is 1. The lowest BCUT2D eigenvalue weighted by Crippen LogP contribution is -2.43. The van der Waals surface area contributed by atoms with Gasteiger partial charge < -0.3 is 20.0 Å². The summed E-state index contributed by atoms with van der Waals surface area (Å²) in [5.74, 6) is 0.817. The van der Waals surface area contributed by atoms with Gasteiger partial charge in [0.2, 0.25) is 0 Å². The Labute approximate surface area is 193 Å². The Morgan fingerprint density at radius 1 is 0.719 bits per heavy atom. The standard InChI is InChI=1S/C26H40N4O2/c31-25(29-17-7-3-4-8-18-29)23-9-11-24(12-10-23)27-26(32)30-19-13-22(14-20-30)21-28-15-5-1-2-6-16-28/h9-12,22H,1-8,13-21H2,(H,27,32). The second kappa shape index (κ2) is 11.7. The van der Waals surface area contributed by atoms with Gasteiger partial charge in [-0.2, -0.15) is 0 Å². The lowest BCUT2D eigenvalue weighted by molar-refractivity contribution is 0.0761. The summed E-state index contributed by atoms with van der Waals surface area (Å²) in [4.78, 5) is 32.0. The van der Waals surface area contributed by atoms with Gasteiger partial charge in [0.15, 0.2) is 0 Å². The van der Waals surface area contributed by atoms with Crippen LogP contribution in [-0.4, -0.2) is 72.5 Å². The van der Waals surface area contributed by atoms with Crippen LogP contribution >= 0.6 is 0 Å². The summed E-state index contributed by atoms with van der Waals surface area (Å²) in [7, 11) is 0. The second-order valence-corrected chi connectivity index (χ2v) is 9.86. The molecule has 3 aliphatic rings. The van der Waals surface area contributed by atoms with Crippen molar-refractivity contribution in [2.45, 2.75) is 64.2 Å². The normalized spacial score (nSPS) is 21.6. The zero-order valence-electron chi connectivity index (χ0n) is 19.6. The molecule has 1 aromatic carbocycles. The summed E-state index contributed by atoms with van der Waals surface area (Å²) in [6.07, 6.45) is 12.2. The Balaban J connectivity index is 1.22. The van der Waals surface area contributed by atoms with Gasteiger partial charge in [0.25, 0.3) is 5.91 Å². The highest BCUT2D eigenvalue weighted by Gasteiger charge is 2.25. The Morgan fingerprint density at radius 3 is 1.88 bits per heavy atom. The molecule has 3 amide bonds. The number of hydrogen-bond acceptors (Lipinski definition) is 3. The minimum absolute atomic E-state index is 0.0233. The molecule has 0 bridgehead atoms. The Morgan fingerprint density at radius 2 is 1.28 bits per heavy atom. The van der Waals surface area contributed by atoms with E-state index < -0.39 is 0 Å². The van der Waals surface area contributed by atoms with Crippen LogP contribution in [0.1, 0.15) is 74.6 Å². The summed E-state index contributed by atoms with van der Waals surface area (Å²) in [5.41, 5.74) is 1.47. The van der Waals surface area contributed by atoms with Crippen LogP contribution in [0.25, 0.3) is 0 Å². The molecule has 176 valence electrons. The third-order valence-corrected chi connectivity index (χ3v) is 7.39. The first-order valence-corrected chi connectivity index (χ1v) is 12.9. The van der Waals surface area contributed by atoms with Crippen molar-refractivity contribution in [3.63, 3.8) is 0 Å². The number of likely N-dealkylation sites (tertiary alicyclic amines) is 3. The maximum absolute atomic E-state index is 12.8. The summed E-state index contributed by atoms with van der Waals surface area (Å²) in [5, 5.41) is 3.02. The predicted molar refractivity (Wildman–Crippen MR) is 129 cm³/mol. The largest absolute Gasteiger partial charge is 0.339 e. The van der Waals surface area contributed by atoms with Crippen molar-refractivity contribution in [1.82, 2.24) is 14.7 Å². The quantitative estimate of drug-likeness (QED) is 0.730. The monoisotopic (exact) mass is 440 g/mol. The van der Waals surface area contributed by atoms with E-state index in [0.29, 0.717) is 11.5 Å². The van der Waals surface area contributed by atoms with Gasteiger partial charge in [0.05, 0.1) is 0 Å². The maximum atomic E-state index is 12.8. The Hall–Kier alpha value is -2.08. The summed E-state index contributed by atoms with van der Waals surface area (Å²) < 4.78 is 0. The molecule has 3 fully saturated rings. The van der Waals surface area contributed by atoms with Crippen molar-refractivity contribution in [3.8, 4) is 0 Å². The maximum Gasteiger partial charge on any atom is 0.321 e. The van der Waals surface area contributed by atoms with Gasteiger partial charge in [-0.05, 0) is 81.8 Å². The first kappa shape index (κ1) is 23.1. The molecule has 4 rings (SSSR count). The van der Waals surface area contributed by atoms with Crippen LogP contribution in [0.2, 0.25) is 0 Å². The van der Waals surface area contributed by atoms with Crippen molar-refractivity contribution in [2.75, 3.05) is 51.1 Å². The van der Waals surface area contributed by atoms with E-state index in [1.54, 1.807) is 0 Å². The van der Waals surface area contributed by atoms with E-state index in [-0.39, 0.29) is 11.9 Å². The van der Waals surface area contributed by atoms with Crippen molar-refractivity contribution in [1.29, 1.82) is 0 Å². The van der Waals surface area contributed by atoms with E-state index in [9.17, 15) is 9.59 Å².